The van der Waals surface area contributed by atoms with Crippen molar-refractivity contribution in [3.8, 4) is 10.7 Å². The molecule has 1 N–H and O–H groups in total. The third kappa shape index (κ3) is 1.57. The zero-order chi connectivity index (χ0) is 11.1. The van der Waals surface area contributed by atoms with Crippen LogP contribution in [0.2, 0.25) is 5.15 Å². The van der Waals surface area contributed by atoms with Crippen LogP contribution in [0.5, 0.6) is 0 Å². The topological polar surface area (TPSA) is 38.0 Å². The lowest BCUT2D eigenvalue weighted by Gasteiger charge is -2.20. The van der Waals surface area contributed by atoms with E-state index in [9.17, 15) is 5.11 Å². The molecule has 0 radical (unpaired) electrons. The lowest BCUT2D eigenvalue weighted by Crippen LogP contribution is -2.23. The zero-order valence-electron chi connectivity index (χ0n) is 8.56. The van der Waals surface area contributed by atoms with Gasteiger partial charge in [0, 0.05) is 13.0 Å². The Balaban J connectivity index is 2.12. The van der Waals surface area contributed by atoms with Crippen molar-refractivity contribution in [2.45, 2.75) is 25.5 Å². The van der Waals surface area contributed by atoms with E-state index in [2.05, 4.69) is 9.55 Å². The number of fused-ring (bicyclic) bond motifs is 1. The molecule has 1 aliphatic rings. The van der Waals surface area contributed by atoms with E-state index in [-0.39, 0.29) is 6.10 Å². The van der Waals surface area contributed by atoms with Crippen LogP contribution in [0, 0.1) is 0 Å². The molecule has 0 amide bonds. The molecule has 2 aromatic rings. The predicted molar refractivity (Wildman–Crippen MR) is 64.9 cm³/mol. The summed E-state index contributed by atoms with van der Waals surface area (Å²) in [6.45, 7) is 0.795. The quantitative estimate of drug-likeness (QED) is 0.850. The van der Waals surface area contributed by atoms with Crippen LogP contribution >= 0.6 is 22.9 Å². The van der Waals surface area contributed by atoms with Crippen molar-refractivity contribution >= 4 is 22.9 Å². The van der Waals surface area contributed by atoms with E-state index in [1.807, 2.05) is 17.5 Å². The SMILES string of the molecule is OC1CCn2c(-c3cccs3)nc(Cl)c2C1. The number of rotatable bonds is 1. The van der Waals surface area contributed by atoms with Crippen LogP contribution in [0.1, 0.15) is 12.1 Å². The van der Waals surface area contributed by atoms with Crippen molar-refractivity contribution in [1.82, 2.24) is 9.55 Å². The molecule has 2 aromatic heterocycles. The Hall–Kier alpha value is -0.840. The van der Waals surface area contributed by atoms with E-state index < -0.39 is 0 Å². The van der Waals surface area contributed by atoms with Crippen LogP contribution in [0.15, 0.2) is 17.5 Å². The van der Waals surface area contributed by atoms with Crippen LogP contribution in [0.25, 0.3) is 10.7 Å². The van der Waals surface area contributed by atoms with Gasteiger partial charge in [0.25, 0.3) is 0 Å². The highest BCUT2D eigenvalue weighted by atomic mass is 35.5. The molecule has 1 unspecified atom stereocenters. The molecule has 0 spiro atoms. The fourth-order valence-electron chi connectivity index (χ4n) is 2.09. The Kier molecular flexibility index (Phi) is 2.50. The maximum Gasteiger partial charge on any atom is 0.152 e. The smallest absolute Gasteiger partial charge is 0.152 e. The van der Waals surface area contributed by atoms with Crippen molar-refractivity contribution < 1.29 is 5.11 Å². The molecular formula is C11H11ClN2OS. The maximum absolute atomic E-state index is 9.62. The van der Waals surface area contributed by atoms with E-state index in [1.165, 1.54) is 0 Å². The van der Waals surface area contributed by atoms with Gasteiger partial charge in [-0.1, -0.05) is 17.7 Å². The van der Waals surface area contributed by atoms with Gasteiger partial charge in [-0.15, -0.1) is 11.3 Å². The summed E-state index contributed by atoms with van der Waals surface area (Å²) in [4.78, 5) is 5.53. The highest BCUT2D eigenvalue weighted by Gasteiger charge is 2.24. The van der Waals surface area contributed by atoms with Gasteiger partial charge in [-0.2, -0.15) is 0 Å². The van der Waals surface area contributed by atoms with Gasteiger partial charge in [-0.3, -0.25) is 0 Å². The van der Waals surface area contributed by atoms with E-state index in [4.69, 9.17) is 11.6 Å². The van der Waals surface area contributed by atoms with Crippen LogP contribution in [-0.4, -0.2) is 20.8 Å². The third-order valence-corrected chi connectivity index (χ3v) is 4.05. The minimum atomic E-state index is -0.280. The number of thiophene rings is 1. The Bertz CT molecular complexity index is 506. The molecule has 3 heterocycles. The average Bonchev–Trinajstić information content (AvgIpc) is 2.87. The number of aromatic nitrogens is 2. The number of imidazole rings is 1. The number of hydrogen-bond acceptors (Lipinski definition) is 3. The van der Waals surface area contributed by atoms with Crippen LogP contribution in [-0.2, 0) is 13.0 Å². The molecular weight excluding hydrogens is 244 g/mol. The summed E-state index contributed by atoms with van der Waals surface area (Å²) < 4.78 is 2.13. The minimum Gasteiger partial charge on any atom is -0.393 e. The first-order chi connectivity index (χ1) is 7.75. The molecule has 0 fully saturated rings. The Labute approximate surface area is 102 Å². The van der Waals surface area contributed by atoms with Gasteiger partial charge >= 0.3 is 0 Å². The summed E-state index contributed by atoms with van der Waals surface area (Å²) in [6, 6.07) is 4.05. The Morgan fingerprint density at radius 1 is 1.56 bits per heavy atom. The van der Waals surface area contributed by atoms with Crippen LogP contribution in [0.4, 0.5) is 0 Å². The maximum atomic E-state index is 9.62. The first-order valence-electron chi connectivity index (χ1n) is 5.22. The van der Waals surface area contributed by atoms with Gasteiger partial charge in [0.1, 0.15) is 0 Å². The molecule has 3 nitrogen and oxygen atoms in total. The molecule has 84 valence electrons. The summed E-state index contributed by atoms with van der Waals surface area (Å²) in [5.41, 5.74) is 0.962. The summed E-state index contributed by atoms with van der Waals surface area (Å²) in [5, 5.41) is 12.2. The van der Waals surface area contributed by atoms with Gasteiger partial charge in [0.2, 0.25) is 0 Å². The van der Waals surface area contributed by atoms with E-state index in [1.54, 1.807) is 11.3 Å². The standard InChI is InChI=1S/C11H11ClN2OS/c12-10-8-6-7(15)3-4-14(8)11(13-10)9-2-1-5-16-9/h1-2,5,7,15H,3-4,6H2. The second-order valence-electron chi connectivity index (χ2n) is 3.95. The van der Waals surface area contributed by atoms with Crippen molar-refractivity contribution in [1.29, 1.82) is 0 Å². The number of aliphatic hydroxyl groups is 1. The monoisotopic (exact) mass is 254 g/mol. The summed E-state index contributed by atoms with van der Waals surface area (Å²) in [5.74, 6) is 0.932. The lowest BCUT2D eigenvalue weighted by atomic mass is 10.1. The van der Waals surface area contributed by atoms with Gasteiger partial charge in [-0.25, -0.2) is 4.98 Å². The molecule has 5 heteroatoms. The molecule has 0 aliphatic carbocycles. The fourth-order valence-corrected chi connectivity index (χ4v) is 3.07. The summed E-state index contributed by atoms with van der Waals surface area (Å²) in [7, 11) is 0. The van der Waals surface area contributed by atoms with E-state index in [0.717, 1.165) is 29.4 Å². The summed E-state index contributed by atoms with van der Waals surface area (Å²) >= 11 is 7.77. The van der Waals surface area contributed by atoms with E-state index >= 15 is 0 Å². The van der Waals surface area contributed by atoms with Crippen molar-refractivity contribution in [3.05, 3.63) is 28.4 Å². The van der Waals surface area contributed by atoms with Crippen molar-refractivity contribution in [3.63, 3.8) is 0 Å². The highest BCUT2D eigenvalue weighted by Crippen LogP contribution is 2.32. The lowest BCUT2D eigenvalue weighted by molar-refractivity contribution is 0.144. The molecule has 1 aliphatic heterocycles. The molecule has 0 saturated carbocycles. The van der Waals surface area contributed by atoms with Gasteiger partial charge in [-0.05, 0) is 17.9 Å². The molecule has 3 rings (SSSR count). The van der Waals surface area contributed by atoms with Crippen molar-refractivity contribution in [2.75, 3.05) is 0 Å². The predicted octanol–water partition coefficient (Wildman–Crippen LogP) is 2.57. The highest BCUT2D eigenvalue weighted by molar-refractivity contribution is 7.13. The fraction of sp³-hybridized carbons (Fsp3) is 0.364. The molecule has 0 saturated heterocycles. The number of halogens is 1. The summed E-state index contributed by atoms with van der Waals surface area (Å²) in [6.07, 6.45) is 1.10. The van der Waals surface area contributed by atoms with Crippen LogP contribution < -0.4 is 0 Å². The normalized spacial score (nSPS) is 19.8. The van der Waals surface area contributed by atoms with Gasteiger partial charge in [0.15, 0.2) is 11.0 Å². The average molecular weight is 255 g/mol. The molecule has 0 aromatic carbocycles. The second kappa shape index (κ2) is 3.87. The first-order valence-corrected chi connectivity index (χ1v) is 6.48. The number of nitrogens with zero attached hydrogens (tertiary/aromatic N) is 2. The van der Waals surface area contributed by atoms with Crippen LogP contribution in [0.3, 0.4) is 0 Å². The largest absolute Gasteiger partial charge is 0.393 e. The van der Waals surface area contributed by atoms with E-state index in [0.29, 0.717) is 11.6 Å². The molecule has 1 atom stereocenters. The van der Waals surface area contributed by atoms with Crippen molar-refractivity contribution in [2.24, 2.45) is 0 Å². The number of aliphatic hydroxyl groups excluding tert-OH is 1. The first kappa shape index (κ1) is 10.3. The molecule has 0 bridgehead atoms. The Morgan fingerprint density at radius 2 is 2.44 bits per heavy atom. The third-order valence-electron chi connectivity index (χ3n) is 2.88. The zero-order valence-corrected chi connectivity index (χ0v) is 10.1. The Morgan fingerprint density at radius 3 is 3.19 bits per heavy atom. The van der Waals surface area contributed by atoms with Gasteiger partial charge in [0.05, 0.1) is 16.7 Å². The number of hydrogen-bond donors (Lipinski definition) is 1. The minimum absolute atomic E-state index is 0.280. The van der Waals surface area contributed by atoms with Gasteiger partial charge < -0.3 is 9.67 Å². The molecule has 16 heavy (non-hydrogen) atoms. The second-order valence-corrected chi connectivity index (χ2v) is 5.25.